The van der Waals surface area contributed by atoms with Crippen LogP contribution >= 0.6 is 15.9 Å². The zero-order chi connectivity index (χ0) is 15.6. The Balaban J connectivity index is 2.26. The molecule has 0 atom stereocenters. The predicted molar refractivity (Wildman–Crippen MR) is 75.1 cm³/mol. The number of benzene rings is 2. The fourth-order valence-corrected chi connectivity index (χ4v) is 2.05. The minimum atomic E-state index is -1.07. The van der Waals surface area contributed by atoms with Crippen molar-refractivity contribution in [2.45, 2.75) is 0 Å². The highest BCUT2D eigenvalue weighted by molar-refractivity contribution is 9.10. The molecule has 0 unspecified atom stereocenters. The van der Waals surface area contributed by atoms with Crippen LogP contribution < -0.4 is 5.32 Å². The fourth-order valence-electron chi connectivity index (χ4n) is 1.61. The number of nitrogens with zero attached hydrogens (tertiary/aromatic N) is 1. The maximum Gasteiger partial charge on any atom is 0.304 e. The Hall–Kier alpha value is -2.35. The Labute approximate surface area is 125 Å². The summed E-state index contributed by atoms with van der Waals surface area (Å²) in [4.78, 5) is 21.6. The first-order chi connectivity index (χ1) is 9.90. The molecule has 2 aromatic rings. The lowest BCUT2D eigenvalue weighted by Gasteiger charge is -2.07. The Kier molecular flexibility index (Phi) is 4.27. The standard InChI is InChI=1S/C13H7BrF2N2O3/c14-12-8(2-1-3-9(12)15)13(19)17-7-4-5-11(18(20)21)10(16)6-7/h1-6H,(H,17,19). The van der Waals surface area contributed by atoms with Gasteiger partial charge < -0.3 is 5.32 Å². The summed E-state index contributed by atoms with van der Waals surface area (Å²) < 4.78 is 26.7. The number of anilines is 1. The molecule has 0 fully saturated rings. The zero-order valence-corrected chi connectivity index (χ0v) is 11.9. The first kappa shape index (κ1) is 15.0. The molecule has 2 rings (SSSR count). The number of nitro groups is 1. The van der Waals surface area contributed by atoms with Gasteiger partial charge in [-0.25, -0.2) is 4.39 Å². The Morgan fingerprint density at radius 2 is 1.90 bits per heavy atom. The normalized spacial score (nSPS) is 10.2. The lowest BCUT2D eigenvalue weighted by atomic mass is 10.2. The smallest absolute Gasteiger partial charge is 0.304 e. The summed E-state index contributed by atoms with van der Waals surface area (Å²) in [5.74, 6) is -2.36. The lowest BCUT2D eigenvalue weighted by Crippen LogP contribution is -2.13. The molecule has 0 saturated carbocycles. The van der Waals surface area contributed by atoms with Gasteiger partial charge in [-0.3, -0.25) is 14.9 Å². The van der Waals surface area contributed by atoms with Crippen molar-refractivity contribution in [3.8, 4) is 0 Å². The zero-order valence-electron chi connectivity index (χ0n) is 10.3. The van der Waals surface area contributed by atoms with Gasteiger partial charge in [0.2, 0.25) is 5.82 Å². The van der Waals surface area contributed by atoms with Crippen LogP contribution in [0.1, 0.15) is 10.4 Å². The molecule has 0 aliphatic rings. The molecule has 0 radical (unpaired) electrons. The molecular formula is C13H7BrF2N2O3. The van der Waals surface area contributed by atoms with Gasteiger partial charge in [-0.15, -0.1) is 0 Å². The molecule has 1 amide bonds. The molecule has 5 nitrogen and oxygen atoms in total. The van der Waals surface area contributed by atoms with Gasteiger partial charge in [-0.1, -0.05) is 6.07 Å². The Bertz CT molecular complexity index is 737. The van der Waals surface area contributed by atoms with E-state index in [4.69, 9.17) is 0 Å². The van der Waals surface area contributed by atoms with Crippen molar-refractivity contribution in [1.82, 2.24) is 0 Å². The van der Waals surface area contributed by atoms with E-state index in [9.17, 15) is 23.7 Å². The summed E-state index contributed by atoms with van der Waals surface area (Å²) in [5.41, 5.74) is -0.645. The quantitative estimate of drug-likeness (QED) is 0.669. The average Bonchev–Trinajstić information content (AvgIpc) is 2.41. The van der Waals surface area contributed by atoms with E-state index < -0.39 is 28.2 Å². The van der Waals surface area contributed by atoms with Crippen molar-refractivity contribution < 1.29 is 18.5 Å². The second kappa shape index (κ2) is 5.96. The average molecular weight is 357 g/mol. The molecule has 0 aliphatic carbocycles. The predicted octanol–water partition coefficient (Wildman–Crippen LogP) is 3.89. The summed E-state index contributed by atoms with van der Waals surface area (Å²) >= 11 is 2.94. The van der Waals surface area contributed by atoms with Gasteiger partial charge in [0.05, 0.1) is 15.0 Å². The van der Waals surface area contributed by atoms with E-state index in [1.165, 1.54) is 24.3 Å². The Morgan fingerprint density at radius 1 is 1.19 bits per heavy atom. The summed E-state index contributed by atoms with van der Waals surface area (Å²) in [6, 6.07) is 6.85. The maximum absolute atomic E-state index is 13.4. The molecule has 21 heavy (non-hydrogen) atoms. The molecule has 0 saturated heterocycles. The summed E-state index contributed by atoms with van der Waals surface area (Å²) in [5, 5.41) is 12.8. The van der Waals surface area contributed by atoms with E-state index >= 15 is 0 Å². The van der Waals surface area contributed by atoms with E-state index in [0.29, 0.717) is 0 Å². The van der Waals surface area contributed by atoms with Crippen molar-refractivity contribution >= 4 is 33.2 Å². The third kappa shape index (κ3) is 3.22. The highest BCUT2D eigenvalue weighted by Gasteiger charge is 2.17. The van der Waals surface area contributed by atoms with E-state index in [1.54, 1.807) is 0 Å². The van der Waals surface area contributed by atoms with E-state index in [0.717, 1.165) is 12.1 Å². The number of carbonyl (C=O) groups excluding carboxylic acids is 1. The molecular weight excluding hydrogens is 350 g/mol. The number of carbonyl (C=O) groups is 1. The van der Waals surface area contributed by atoms with Crippen LogP contribution in [0.2, 0.25) is 0 Å². The van der Waals surface area contributed by atoms with Crippen molar-refractivity contribution in [2.75, 3.05) is 5.32 Å². The lowest BCUT2D eigenvalue weighted by molar-refractivity contribution is -0.387. The number of hydrogen-bond acceptors (Lipinski definition) is 3. The maximum atomic E-state index is 13.4. The van der Waals surface area contributed by atoms with Crippen LogP contribution in [0.3, 0.4) is 0 Å². The van der Waals surface area contributed by atoms with Crippen LogP contribution in [0.5, 0.6) is 0 Å². The number of nitro benzene ring substituents is 1. The highest BCUT2D eigenvalue weighted by atomic mass is 79.9. The van der Waals surface area contributed by atoms with Gasteiger partial charge in [0.1, 0.15) is 5.82 Å². The van der Waals surface area contributed by atoms with E-state index in [2.05, 4.69) is 21.2 Å². The SMILES string of the molecule is O=C(Nc1ccc([N+](=O)[O-])c(F)c1)c1cccc(F)c1Br. The Morgan fingerprint density at radius 3 is 2.52 bits per heavy atom. The second-order valence-electron chi connectivity index (χ2n) is 3.98. The minimum absolute atomic E-state index is 0.0220. The van der Waals surface area contributed by atoms with Crippen LogP contribution in [-0.2, 0) is 0 Å². The third-order valence-electron chi connectivity index (χ3n) is 2.60. The molecule has 0 heterocycles. The largest absolute Gasteiger partial charge is 0.322 e. The van der Waals surface area contributed by atoms with Crippen molar-refractivity contribution in [1.29, 1.82) is 0 Å². The molecule has 1 N–H and O–H groups in total. The number of rotatable bonds is 3. The van der Waals surface area contributed by atoms with Gasteiger partial charge in [0.15, 0.2) is 0 Å². The summed E-state index contributed by atoms with van der Waals surface area (Å²) in [7, 11) is 0. The van der Waals surface area contributed by atoms with Gasteiger partial charge in [-0.2, -0.15) is 4.39 Å². The number of halogens is 3. The molecule has 0 aliphatic heterocycles. The first-order valence-electron chi connectivity index (χ1n) is 5.59. The molecule has 2 aromatic carbocycles. The van der Waals surface area contributed by atoms with Gasteiger partial charge in [0, 0.05) is 17.8 Å². The van der Waals surface area contributed by atoms with Crippen LogP contribution in [0.25, 0.3) is 0 Å². The monoisotopic (exact) mass is 356 g/mol. The van der Waals surface area contributed by atoms with Gasteiger partial charge in [-0.05, 0) is 34.1 Å². The molecule has 0 spiro atoms. The molecule has 0 aromatic heterocycles. The van der Waals surface area contributed by atoms with Crippen molar-refractivity contribution in [3.63, 3.8) is 0 Å². The number of amides is 1. The molecule has 108 valence electrons. The van der Waals surface area contributed by atoms with Crippen molar-refractivity contribution in [3.05, 3.63) is 68.2 Å². The van der Waals surface area contributed by atoms with Crippen LogP contribution in [0, 0.1) is 21.7 Å². The second-order valence-corrected chi connectivity index (χ2v) is 4.77. The minimum Gasteiger partial charge on any atom is -0.322 e. The van der Waals surface area contributed by atoms with Crippen LogP contribution in [0.4, 0.5) is 20.2 Å². The van der Waals surface area contributed by atoms with Gasteiger partial charge in [0.25, 0.3) is 5.91 Å². The fraction of sp³-hybridized carbons (Fsp3) is 0. The number of hydrogen-bond donors (Lipinski definition) is 1. The van der Waals surface area contributed by atoms with Crippen LogP contribution in [-0.4, -0.2) is 10.8 Å². The van der Waals surface area contributed by atoms with E-state index in [1.807, 2.05) is 0 Å². The molecule has 8 heteroatoms. The number of nitrogens with one attached hydrogen (secondary N) is 1. The topological polar surface area (TPSA) is 72.2 Å². The summed E-state index contributed by atoms with van der Waals surface area (Å²) in [6.45, 7) is 0. The van der Waals surface area contributed by atoms with E-state index in [-0.39, 0.29) is 15.7 Å². The highest BCUT2D eigenvalue weighted by Crippen LogP contribution is 2.24. The molecule has 0 bridgehead atoms. The van der Waals surface area contributed by atoms with Gasteiger partial charge >= 0.3 is 5.69 Å². The third-order valence-corrected chi connectivity index (χ3v) is 3.40. The summed E-state index contributed by atoms with van der Waals surface area (Å²) in [6.07, 6.45) is 0. The van der Waals surface area contributed by atoms with Crippen LogP contribution in [0.15, 0.2) is 40.9 Å². The van der Waals surface area contributed by atoms with Crippen molar-refractivity contribution in [2.24, 2.45) is 0 Å². The first-order valence-corrected chi connectivity index (χ1v) is 6.38.